The van der Waals surface area contributed by atoms with E-state index in [1.165, 1.54) is 0 Å². The molecule has 0 atom stereocenters. The summed E-state index contributed by atoms with van der Waals surface area (Å²) in [4.78, 5) is 19.5. The van der Waals surface area contributed by atoms with Gasteiger partial charge in [-0.3, -0.25) is 19.9 Å². The zero-order valence-electron chi connectivity index (χ0n) is 30.2. The minimum Gasteiger partial charge on any atom is -0.453 e. The highest BCUT2D eigenvalue weighted by Gasteiger charge is 2.26. The van der Waals surface area contributed by atoms with Gasteiger partial charge in [0.1, 0.15) is 0 Å². The van der Waals surface area contributed by atoms with Gasteiger partial charge in [0.2, 0.25) is 0 Å². The lowest BCUT2D eigenvalue weighted by Gasteiger charge is -2.33. The number of para-hydroxylation sites is 4. The van der Waals surface area contributed by atoms with Crippen molar-refractivity contribution in [1.29, 1.82) is 0 Å². The Bertz CT molecular complexity index is 2520. The Morgan fingerprint density at radius 2 is 0.554 bits per heavy atom. The van der Waals surface area contributed by atoms with E-state index >= 15 is 0 Å². The Morgan fingerprint density at radius 1 is 0.286 bits per heavy atom. The number of anilines is 3. The second kappa shape index (κ2) is 14.3. The van der Waals surface area contributed by atoms with Gasteiger partial charge in [0.15, 0.2) is 11.5 Å². The van der Waals surface area contributed by atoms with Crippen LogP contribution in [-0.4, -0.2) is 19.9 Å². The number of pyridine rings is 4. The molecule has 0 saturated heterocycles. The van der Waals surface area contributed by atoms with E-state index in [9.17, 15) is 0 Å². The van der Waals surface area contributed by atoms with Crippen molar-refractivity contribution in [2.45, 2.75) is 0 Å². The summed E-state index contributed by atoms with van der Waals surface area (Å²) in [5, 5.41) is 0. The fourth-order valence-corrected chi connectivity index (χ4v) is 7.49. The van der Waals surface area contributed by atoms with Crippen molar-refractivity contribution in [3.05, 3.63) is 201 Å². The largest absolute Gasteiger partial charge is 0.453 e. The molecule has 264 valence electrons. The minimum absolute atomic E-state index is 0.803. The SMILES string of the molecule is c1ccc2c(c1)Oc1ccccc1N2c1cc(-c2cc(-c3ccncc3)cc(-c3ccncc3)c2)cc(-c2cc(-c3ccncc3)cc(-c3ccncc3)c2)c1. The van der Waals surface area contributed by atoms with Crippen LogP contribution in [0, 0.1) is 0 Å². The second-order valence-electron chi connectivity index (χ2n) is 13.7. The van der Waals surface area contributed by atoms with Crippen molar-refractivity contribution >= 4 is 17.1 Å². The summed E-state index contributed by atoms with van der Waals surface area (Å²) in [6, 6.07) is 53.4. The van der Waals surface area contributed by atoms with Crippen molar-refractivity contribution in [2.24, 2.45) is 0 Å². The molecule has 0 spiro atoms. The molecular formula is C50H33N5O. The summed E-state index contributed by atoms with van der Waals surface area (Å²) in [7, 11) is 0. The van der Waals surface area contributed by atoms with Crippen LogP contribution < -0.4 is 9.64 Å². The molecule has 0 N–H and O–H groups in total. The normalized spacial score (nSPS) is 11.7. The van der Waals surface area contributed by atoms with Crippen LogP contribution in [0.1, 0.15) is 0 Å². The summed E-state index contributed by atoms with van der Waals surface area (Å²) < 4.78 is 6.46. The van der Waals surface area contributed by atoms with Crippen LogP contribution in [0.25, 0.3) is 66.8 Å². The summed E-state index contributed by atoms with van der Waals surface area (Å²) in [6.07, 6.45) is 14.7. The molecule has 0 amide bonds. The molecule has 4 aromatic heterocycles. The summed E-state index contributed by atoms with van der Waals surface area (Å²) in [5.74, 6) is 1.61. The van der Waals surface area contributed by atoms with E-state index in [2.05, 4.69) is 152 Å². The van der Waals surface area contributed by atoms with E-state index in [-0.39, 0.29) is 0 Å². The lowest BCUT2D eigenvalue weighted by Crippen LogP contribution is -2.15. The van der Waals surface area contributed by atoms with Crippen LogP contribution in [0.4, 0.5) is 17.1 Å². The van der Waals surface area contributed by atoms with Gasteiger partial charge in [-0.05, 0) is 194 Å². The van der Waals surface area contributed by atoms with E-state index in [0.717, 1.165) is 95.3 Å². The number of benzene rings is 5. The molecule has 5 aromatic carbocycles. The number of ether oxygens (including phenoxy) is 1. The van der Waals surface area contributed by atoms with E-state index in [1.54, 1.807) is 0 Å². The van der Waals surface area contributed by atoms with Gasteiger partial charge in [-0.1, -0.05) is 24.3 Å². The number of fused-ring (bicyclic) bond motifs is 2. The zero-order valence-corrected chi connectivity index (χ0v) is 30.2. The Morgan fingerprint density at radius 3 is 0.875 bits per heavy atom. The van der Waals surface area contributed by atoms with Gasteiger partial charge < -0.3 is 9.64 Å². The van der Waals surface area contributed by atoms with Crippen LogP contribution in [0.15, 0.2) is 201 Å². The smallest absolute Gasteiger partial charge is 0.151 e. The van der Waals surface area contributed by atoms with Crippen LogP contribution in [0.5, 0.6) is 11.5 Å². The monoisotopic (exact) mass is 719 g/mol. The Hall–Kier alpha value is -7.70. The standard InChI is InChI=1S/C50H33N5O/c1-3-7-49-47(5-1)55(48-6-2-4-8-50(48)56-49)46-32-44(42-27-38(34-9-17-51-18-10-34)25-39(28-42)35-11-19-52-20-12-35)31-45(33-46)43-29-40(36-13-21-53-22-14-36)26-41(30-43)37-15-23-54-24-16-37/h1-33H. The fourth-order valence-electron chi connectivity index (χ4n) is 7.49. The van der Waals surface area contributed by atoms with Gasteiger partial charge in [-0.2, -0.15) is 0 Å². The van der Waals surface area contributed by atoms with Crippen molar-refractivity contribution < 1.29 is 4.74 Å². The van der Waals surface area contributed by atoms with Crippen LogP contribution in [-0.2, 0) is 0 Å². The number of hydrogen-bond acceptors (Lipinski definition) is 6. The van der Waals surface area contributed by atoms with E-state index < -0.39 is 0 Å². The lowest BCUT2D eigenvalue weighted by atomic mass is 9.90. The number of nitrogens with zero attached hydrogens (tertiary/aromatic N) is 5. The molecule has 0 bridgehead atoms. The molecule has 9 aromatic rings. The number of aromatic nitrogens is 4. The molecule has 0 radical (unpaired) electrons. The van der Waals surface area contributed by atoms with Gasteiger partial charge >= 0.3 is 0 Å². The molecule has 5 heterocycles. The molecular weight excluding hydrogens is 687 g/mol. The molecule has 56 heavy (non-hydrogen) atoms. The minimum atomic E-state index is 0.803. The maximum Gasteiger partial charge on any atom is 0.151 e. The first kappa shape index (κ1) is 32.9. The second-order valence-corrected chi connectivity index (χ2v) is 13.7. The molecule has 6 nitrogen and oxygen atoms in total. The van der Waals surface area contributed by atoms with Crippen LogP contribution >= 0.6 is 0 Å². The Kier molecular flexibility index (Phi) is 8.39. The molecule has 1 aliphatic heterocycles. The van der Waals surface area contributed by atoms with E-state index in [0.29, 0.717) is 0 Å². The fraction of sp³-hybridized carbons (Fsp3) is 0. The predicted molar refractivity (Wildman–Crippen MR) is 225 cm³/mol. The third-order valence-corrected chi connectivity index (χ3v) is 10.2. The predicted octanol–water partition coefficient (Wildman–Crippen LogP) is 12.8. The first-order valence-corrected chi connectivity index (χ1v) is 18.5. The quantitative estimate of drug-likeness (QED) is 0.163. The molecule has 6 heteroatoms. The van der Waals surface area contributed by atoms with Gasteiger partial charge in [-0.25, -0.2) is 0 Å². The molecule has 0 unspecified atom stereocenters. The van der Waals surface area contributed by atoms with E-state index in [1.807, 2.05) is 73.8 Å². The molecule has 1 aliphatic rings. The first-order valence-electron chi connectivity index (χ1n) is 18.5. The highest BCUT2D eigenvalue weighted by molar-refractivity contribution is 5.92. The van der Waals surface area contributed by atoms with Gasteiger partial charge in [0.05, 0.1) is 11.4 Å². The third-order valence-electron chi connectivity index (χ3n) is 10.2. The average molecular weight is 720 g/mol. The average Bonchev–Trinajstić information content (AvgIpc) is 3.29. The topological polar surface area (TPSA) is 64.0 Å². The van der Waals surface area contributed by atoms with Gasteiger partial charge in [-0.15, -0.1) is 0 Å². The lowest BCUT2D eigenvalue weighted by molar-refractivity contribution is 0.477. The summed E-state index contributed by atoms with van der Waals surface area (Å²) in [6.45, 7) is 0. The Labute approximate surface area is 325 Å². The Balaban J connectivity index is 1.25. The van der Waals surface area contributed by atoms with Crippen LogP contribution in [0.2, 0.25) is 0 Å². The molecule has 0 saturated carbocycles. The first-order chi connectivity index (χ1) is 27.7. The number of hydrogen-bond donors (Lipinski definition) is 0. The molecule has 0 aliphatic carbocycles. The molecule has 0 fully saturated rings. The third kappa shape index (κ3) is 6.35. The summed E-state index contributed by atoms with van der Waals surface area (Å²) >= 11 is 0. The maximum absolute atomic E-state index is 6.46. The van der Waals surface area contributed by atoms with E-state index in [4.69, 9.17) is 4.74 Å². The van der Waals surface area contributed by atoms with Crippen molar-refractivity contribution in [1.82, 2.24) is 19.9 Å². The van der Waals surface area contributed by atoms with Crippen molar-refractivity contribution in [3.63, 3.8) is 0 Å². The number of rotatable bonds is 7. The van der Waals surface area contributed by atoms with Gasteiger partial charge in [0, 0.05) is 55.3 Å². The highest BCUT2D eigenvalue weighted by atomic mass is 16.5. The van der Waals surface area contributed by atoms with Gasteiger partial charge in [0.25, 0.3) is 0 Å². The van der Waals surface area contributed by atoms with Crippen molar-refractivity contribution in [2.75, 3.05) is 4.90 Å². The van der Waals surface area contributed by atoms with Crippen molar-refractivity contribution in [3.8, 4) is 78.3 Å². The summed E-state index contributed by atoms with van der Waals surface area (Å²) in [5.41, 5.74) is 16.1. The highest BCUT2D eigenvalue weighted by Crippen LogP contribution is 2.51. The molecule has 10 rings (SSSR count). The maximum atomic E-state index is 6.46. The van der Waals surface area contributed by atoms with Crippen LogP contribution in [0.3, 0.4) is 0 Å². The zero-order chi connectivity index (χ0) is 37.3.